The molecule has 1 heterocycles. The van der Waals surface area contributed by atoms with Gasteiger partial charge in [-0.25, -0.2) is 4.99 Å². The SMILES string of the molecule is C=N/C(N)=c1/ccc([C@H]2CCCN2C#N)c/c1=C/C. The fourth-order valence-electron chi connectivity index (χ4n) is 2.58. The number of nitrogens with two attached hydrogens (primary N) is 1. The second kappa shape index (κ2) is 5.57. The second-order valence-corrected chi connectivity index (χ2v) is 4.63. The van der Waals surface area contributed by atoms with Gasteiger partial charge in [0, 0.05) is 11.8 Å². The number of hydrogen-bond acceptors (Lipinski definition) is 4. The topological polar surface area (TPSA) is 65.4 Å². The van der Waals surface area contributed by atoms with E-state index in [0.29, 0.717) is 5.82 Å². The predicted octanol–water partition coefficient (Wildman–Crippen LogP) is 0.830. The predicted molar refractivity (Wildman–Crippen MR) is 77.3 cm³/mol. The summed E-state index contributed by atoms with van der Waals surface area (Å²) in [5.74, 6) is 0.434. The van der Waals surface area contributed by atoms with Gasteiger partial charge in [0.2, 0.25) is 0 Å². The minimum Gasteiger partial charge on any atom is -0.383 e. The highest BCUT2D eigenvalue weighted by Gasteiger charge is 2.24. The Morgan fingerprint density at radius 1 is 1.63 bits per heavy atom. The van der Waals surface area contributed by atoms with Crippen LogP contribution in [0.4, 0.5) is 0 Å². The lowest BCUT2D eigenvalue weighted by Crippen LogP contribution is -2.30. The lowest BCUT2D eigenvalue weighted by Gasteiger charge is -2.18. The van der Waals surface area contributed by atoms with Crippen LogP contribution in [0, 0.1) is 11.5 Å². The molecule has 1 atom stereocenters. The molecule has 4 heteroatoms. The molecule has 2 rings (SSSR count). The summed E-state index contributed by atoms with van der Waals surface area (Å²) in [6.07, 6.45) is 6.35. The molecular formula is C15H18N4. The molecule has 98 valence electrons. The van der Waals surface area contributed by atoms with E-state index in [1.165, 1.54) is 0 Å². The zero-order valence-corrected chi connectivity index (χ0v) is 11.1. The third-order valence-electron chi connectivity index (χ3n) is 3.60. The van der Waals surface area contributed by atoms with Crippen LogP contribution in [-0.4, -0.2) is 18.2 Å². The van der Waals surface area contributed by atoms with Crippen LogP contribution in [0.1, 0.15) is 31.4 Å². The number of rotatable bonds is 2. The van der Waals surface area contributed by atoms with Crippen molar-refractivity contribution in [3.63, 3.8) is 0 Å². The fraction of sp³-hybridized carbons (Fsp3) is 0.333. The molecule has 1 aromatic rings. The molecular weight excluding hydrogens is 236 g/mol. The Morgan fingerprint density at radius 3 is 3.05 bits per heavy atom. The van der Waals surface area contributed by atoms with E-state index in [4.69, 9.17) is 11.0 Å². The molecule has 0 unspecified atom stereocenters. The second-order valence-electron chi connectivity index (χ2n) is 4.63. The van der Waals surface area contributed by atoms with Crippen LogP contribution in [0.25, 0.3) is 11.9 Å². The van der Waals surface area contributed by atoms with Gasteiger partial charge >= 0.3 is 0 Å². The highest BCUT2D eigenvalue weighted by Crippen LogP contribution is 2.29. The molecule has 2 N–H and O–H groups in total. The zero-order valence-electron chi connectivity index (χ0n) is 11.1. The van der Waals surface area contributed by atoms with E-state index in [-0.39, 0.29) is 6.04 Å². The Bertz CT molecular complexity index is 639. The summed E-state index contributed by atoms with van der Waals surface area (Å²) in [6.45, 7) is 6.27. The molecule has 0 saturated carbocycles. The van der Waals surface area contributed by atoms with Gasteiger partial charge in [0.05, 0.1) is 6.04 Å². The van der Waals surface area contributed by atoms with E-state index in [1.807, 2.05) is 30.0 Å². The van der Waals surface area contributed by atoms with Gasteiger partial charge in [-0.1, -0.05) is 18.2 Å². The van der Waals surface area contributed by atoms with E-state index >= 15 is 0 Å². The number of benzene rings is 1. The van der Waals surface area contributed by atoms with Gasteiger partial charge in [0.25, 0.3) is 0 Å². The smallest absolute Gasteiger partial charge is 0.179 e. The summed E-state index contributed by atoms with van der Waals surface area (Å²) in [4.78, 5) is 5.63. The van der Waals surface area contributed by atoms with Crippen molar-refractivity contribution in [1.29, 1.82) is 5.26 Å². The Labute approximate surface area is 113 Å². The first-order valence-electron chi connectivity index (χ1n) is 6.40. The van der Waals surface area contributed by atoms with Gasteiger partial charge in [0.1, 0.15) is 5.82 Å². The summed E-state index contributed by atoms with van der Waals surface area (Å²) in [5, 5.41) is 11.1. The van der Waals surface area contributed by atoms with Gasteiger partial charge in [-0.15, -0.1) is 0 Å². The van der Waals surface area contributed by atoms with Crippen LogP contribution in [0.2, 0.25) is 0 Å². The average molecular weight is 254 g/mol. The maximum absolute atomic E-state index is 9.13. The van der Waals surface area contributed by atoms with Gasteiger partial charge in [-0.05, 0) is 43.3 Å². The van der Waals surface area contributed by atoms with Crippen molar-refractivity contribution in [3.05, 3.63) is 34.2 Å². The lowest BCUT2D eigenvalue weighted by molar-refractivity contribution is 0.374. The Kier molecular flexibility index (Phi) is 3.86. The summed E-state index contributed by atoms with van der Waals surface area (Å²) in [5.41, 5.74) is 6.99. The van der Waals surface area contributed by atoms with Crippen molar-refractivity contribution >= 4 is 18.6 Å². The Morgan fingerprint density at radius 2 is 2.42 bits per heavy atom. The van der Waals surface area contributed by atoms with Gasteiger partial charge < -0.3 is 10.6 Å². The average Bonchev–Trinajstić information content (AvgIpc) is 2.94. The Balaban J connectivity index is 2.53. The summed E-state index contributed by atoms with van der Waals surface area (Å²) >= 11 is 0. The first kappa shape index (κ1) is 13.2. The summed E-state index contributed by atoms with van der Waals surface area (Å²) < 4.78 is 0. The zero-order chi connectivity index (χ0) is 13.8. The van der Waals surface area contributed by atoms with Crippen molar-refractivity contribution in [2.45, 2.75) is 25.8 Å². The molecule has 4 nitrogen and oxygen atoms in total. The highest BCUT2D eigenvalue weighted by molar-refractivity contribution is 5.49. The molecule has 1 saturated heterocycles. The molecule has 1 aliphatic rings. The first-order valence-corrected chi connectivity index (χ1v) is 6.40. The van der Waals surface area contributed by atoms with Crippen LogP contribution in [-0.2, 0) is 0 Å². The van der Waals surface area contributed by atoms with Crippen LogP contribution in [0.15, 0.2) is 23.2 Å². The minimum absolute atomic E-state index is 0.190. The molecule has 0 aromatic heterocycles. The van der Waals surface area contributed by atoms with E-state index < -0.39 is 0 Å². The van der Waals surface area contributed by atoms with Crippen molar-refractivity contribution < 1.29 is 0 Å². The fourth-order valence-corrected chi connectivity index (χ4v) is 2.58. The number of aliphatic imine (C=N–C) groups is 1. The lowest BCUT2D eigenvalue weighted by atomic mass is 10.0. The summed E-state index contributed by atoms with van der Waals surface area (Å²) in [7, 11) is 0. The van der Waals surface area contributed by atoms with Crippen molar-refractivity contribution in [3.8, 4) is 6.19 Å². The largest absolute Gasteiger partial charge is 0.383 e. The Hall–Kier alpha value is -2.28. The molecule has 1 aromatic carbocycles. The number of nitrogens with zero attached hydrogens (tertiary/aromatic N) is 3. The third-order valence-corrected chi connectivity index (χ3v) is 3.60. The first-order chi connectivity index (χ1) is 9.21. The van der Waals surface area contributed by atoms with E-state index in [0.717, 1.165) is 35.4 Å². The number of nitriles is 1. The maximum atomic E-state index is 9.13. The number of likely N-dealkylation sites (tertiary alicyclic amines) is 1. The van der Waals surface area contributed by atoms with Gasteiger partial charge in [-0.2, -0.15) is 5.26 Å². The molecule has 0 bridgehead atoms. The molecule has 1 fully saturated rings. The van der Waals surface area contributed by atoms with Crippen LogP contribution < -0.4 is 16.2 Å². The molecule has 0 aliphatic carbocycles. The highest BCUT2D eigenvalue weighted by atomic mass is 15.2. The van der Waals surface area contributed by atoms with E-state index in [9.17, 15) is 0 Å². The quantitative estimate of drug-likeness (QED) is 0.628. The standard InChI is InChI=1S/C15H18N4/c1-3-11-9-12(6-7-13(11)15(17)18-2)14-5-4-8-19(14)10-16/h3,6-7,9,14H,2,4-5,8,17H2,1H3/b11-3-,15-13-/t14-/m1/s1. The molecule has 0 spiro atoms. The third kappa shape index (κ3) is 2.45. The normalized spacial score (nSPS) is 21.2. The van der Waals surface area contributed by atoms with Crippen LogP contribution >= 0.6 is 0 Å². The van der Waals surface area contributed by atoms with Crippen LogP contribution in [0.3, 0.4) is 0 Å². The molecule has 1 aliphatic heterocycles. The van der Waals surface area contributed by atoms with E-state index in [1.54, 1.807) is 0 Å². The van der Waals surface area contributed by atoms with E-state index in [2.05, 4.69) is 24.0 Å². The molecule has 0 amide bonds. The van der Waals surface area contributed by atoms with Gasteiger partial charge in [0.15, 0.2) is 6.19 Å². The van der Waals surface area contributed by atoms with Crippen molar-refractivity contribution in [2.24, 2.45) is 10.7 Å². The monoisotopic (exact) mass is 254 g/mol. The minimum atomic E-state index is 0.190. The molecule has 0 radical (unpaired) electrons. The van der Waals surface area contributed by atoms with Crippen LogP contribution in [0.5, 0.6) is 0 Å². The maximum Gasteiger partial charge on any atom is 0.179 e. The summed E-state index contributed by atoms with van der Waals surface area (Å²) in [6, 6.07) is 6.27. The van der Waals surface area contributed by atoms with Gasteiger partial charge in [-0.3, -0.25) is 0 Å². The van der Waals surface area contributed by atoms with Crippen molar-refractivity contribution in [1.82, 2.24) is 4.90 Å². The number of hydrogen-bond donors (Lipinski definition) is 1. The van der Waals surface area contributed by atoms with Crippen molar-refractivity contribution in [2.75, 3.05) is 6.54 Å². The molecule has 19 heavy (non-hydrogen) atoms.